The second-order valence-corrected chi connectivity index (χ2v) is 6.37. The van der Waals surface area contributed by atoms with Crippen molar-refractivity contribution in [2.45, 2.75) is 19.4 Å². The maximum atomic E-state index is 12.1. The van der Waals surface area contributed by atoms with E-state index in [9.17, 15) is 9.59 Å². The molecule has 0 radical (unpaired) electrons. The van der Waals surface area contributed by atoms with Crippen molar-refractivity contribution < 1.29 is 9.59 Å². The molecule has 1 aromatic rings. The molecule has 5 nitrogen and oxygen atoms in total. The molecule has 1 saturated heterocycles. The van der Waals surface area contributed by atoms with Gasteiger partial charge in [0.25, 0.3) is 0 Å². The van der Waals surface area contributed by atoms with Gasteiger partial charge in [-0.15, -0.1) is 0 Å². The van der Waals surface area contributed by atoms with Gasteiger partial charge in [-0.25, -0.2) is 0 Å². The molecular weight excluding hydrogens is 286 g/mol. The van der Waals surface area contributed by atoms with Crippen molar-refractivity contribution in [2.24, 2.45) is 5.73 Å². The molecule has 6 heteroatoms. The molecule has 0 aromatic heterocycles. The Balaban J connectivity index is 1.89. The number of nitrogens with zero attached hydrogens (tertiary/aromatic N) is 1. The SMILES string of the molecule is C[C@H](N)C(=O)Nc1ccc(CC(=O)N2CCSCC2)cc1. The van der Waals surface area contributed by atoms with E-state index in [1.165, 1.54) is 0 Å². The van der Waals surface area contributed by atoms with Crippen molar-refractivity contribution in [3.63, 3.8) is 0 Å². The van der Waals surface area contributed by atoms with Gasteiger partial charge in [0.05, 0.1) is 12.5 Å². The van der Waals surface area contributed by atoms with E-state index >= 15 is 0 Å². The first kappa shape index (κ1) is 15.9. The molecule has 3 N–H and O–H groups in total. The van der Waals surface area contributed by atoms with Crippen LogP contribution in [-0.4, -0.2) is 47.4 Å². The van der Waals surface area contributed by atoms with E-state index in [1.54, 1.807) is 19.1 Å². The largest absolute Gasteiger partial charge is 0.341 e. The fourth-order valence-corrected chi connectivity index (χ4v) is 2.96. The summed E-state index contributed by atoms with van der Waals surface area (Å²) in [6, 6.07) is 6.80. The normalized spacial score (nSPS) is 16.4. The van der Waals surface area contributed by atoms with E-state index in [0.29, 0.717) is 12.1 Å². The lowest BCUT2D eigenvalue weighted by molar-refractivity contribution is -0.130. The summed E-state index contributed by atoms with van der Waals surface area (Å²) in [5.41, 5.74) is 7.15. The quantitative estimate of drug-likeness (QED) is 0.873. The molecule has 1 atom stereocenters. The van der Waals surface area contributed by atoms with Crippen LogP contribution >= 0.6 is 11.8 Å². The number of nitrogens with two attached hydrogens (primary N) is 1. The Morgan fingerprint density at radius 1 is 1.29 bits per heavy atom. The first-order valence-electron chi connectivity index (χ1n) is 7.07. The third kappa shape index (κ3) is 4.75. The minimum Gasteiger partial charge on any atom is -0.341 e. The van der Waals surface area contributed by atoms with E-state index < -0.39 is 6.04 Å². The van der Waals surface area contributed by atoms with Crippen LogP contribution in [0.4, 0.5) is 5.69 Å². The number of hydrogen-bond acceptors (Lipinski definition) is 4. The summed E-state index contributed by atoms with van der Waals surface area (Å²) >= 11 is 1.89. The number of rotatable bonds is 4. The number of hydrogen-bond donors (Lipinski definition) is 2. The van der Waals surface area contributed by atoms with Gasteiger partial charge in [0.1, 0.15) is 0 Å². The van der Waals surface area contributed by atoms with Gasteiger partial charge in [-0.3, -0.25) is 9.59 Å². The number of carbonyl (C=O) groups is 2. The number of anilines is 1. The zero-order chi connectivity index (χ0) is 15.2. The molecule has 0 bridgehead atoms. The van der Waals surface area contributed by atoms with E-state index in [4.69, 9.17) is 5.73 Å². The van der Waals surface area contributed by atoms with Gasteiger partial charge in [0, 0.05) is 30.3 Å². The van der Waals surface area contributed by atoms with Gasteiger partial charge in [0.2, 0.25) is 11.8 Å². The molecule has 2 rings (SSSR count). The Labute approximate surface area is 129 Å². The van der Waals surface area contributed by atoms with Crippen LogP contribution in [0.1, 0.15) is 12.5 Å². The van der Waals surface area contributed by atoms with Crippen molar-refractivity contribution in [3.8, 4) is 0 Å². The highest BCUT2D eigenvalue weighted by Gasteiger charge is 2.16. The predicted molar refractivity (Wildman–Crippen MR) is 86.3 cm³/mol. The zero-order valence-electron chi connectivity index (χ0n) is 12.2. The smallest absolute Gasteiger partial charge is 0.240 e. The predicted octanol–water partition coefficient (Wildman–Crippen LogP) is 1.09. The highest BCUT2D eigenvalue weighted by atomic mass is 32.2. The highest BCUT2D eigenvalue weighted by Crippen LogP contribution is 2.14. The molecular formula is C15H21N3O2S. The van der Waals surface area contributed by atoms with E-state index in [0.717, 1.165) is 30.2 Å². The third-order valence-corrected chi connectivity index (χ3v) is 4.30. The van der Waals surface area contributed by atoms with Gasteiger partial charge >= 0.3 is 0 Å². The fourth-order valence-electron chi connectivity index (χ4n) is 2.06. The summed E-state index contributed by atoms with van der Waals surface area (Å²) in [6.07, 6.45) is 0.409. The van der Waals surface area contributed by atoms with Crippen molar-refractivity contribution in [1.29, 1.82) is 0 Å². The first-order valence-corrected chi connectivity index (χ1v) is 8.22. The Morgan fingerprint density at radius 2 is 1.90 bits per heavy atom. The lowest BCUT2D eigenvalue weighted by atomic mass is 10.1. The van der Waals surface area contributed by atoms with Crippen LogP contribution in [0.5, 0.6) is 0 Å². The number of thioether (sulfide) groups is 1. The molecule has 1 aliphatic rings. The number of amides is 2. The van der Waals surface area contributed by atoms with Crippen molar-refractivity contribution in [1.82, 2.24) is 4.90 Å². The molecule has 0 unspecified atom stereocenters. The van der Waals surface area contributed by atoms with E-state index in [2.05, 4.69) is 5.32 Å². The van der Waals surface area contributed by atoms with Crippen LogP contribution in [0, 0.1) is 0 Å². The molecule has 1 heterocycles. The van der Waals surface area contributed by atoms with E-state index in [1.807, 2.05) is 28.8 Å². The molecule has 1 fully saturated rings. The summed E-state index contributed by atoms with van der Waals surface area (Å²) in [4.78, 5) is 25.6. The summed E-state index contributed by atoms with van der Waals surface area (Å²) < 4.78 is 0. The zero-order valence-corrected chi connectivity index (χ0v) is 13.0. The van der Waals surface area contributed by atoms with Gasteiger partial charge in [-0.05, 0) is 24.6 Å². The monoisotopic (exact) mass is 307 g/mol. The standard InChI is InChI=1S/C15H21N3O2S/c1-11(16)15(20)17-13-4-2-12(3-5-13)10-14(19)18-6-8-21-9-7-18/h2-5,11H,6-10,16H2,1H3,(H,17,20)/t11-/m0/s1. The molecule has 0 spiro atoms. The molecule has 21 heavy (non-hydrogen) atoms. The van der Waals surface area contributed by atoms with Gasteiger partial charge in [-0.1, -0.05) is 12.1 Å². The van der Waals surface area contributed by atoms with Gasteiger partial charge in [0.15, 0.2) is 0 Å². The highest BCUT2D eigenvalue weighted by molar-refractivity contribution is 7.99. The molecule has 1 aliphatic heterocycles. The number of nitrogens with one attached hydrogen (secondary N) is 1. The summed E-state index contributed by atoms with van der Waals surface area (Å²) in [7, 11) is 0. The van der Waals surface area contributed by atoms with Crippen LogP contribution in [0.25, 0.3) is 0 Å². The Morgan fingerprint density at radius 3 is 2.48 bits per heavy atom. The van der Waals surface area contributed by atoms with Crippen LogP contribution in [0.15, 0.2) is 24.3 Å². The van der Waals surface area contributed by atoms with Crippen LogP contribution < -0.4 is 11.1 Å². The van der Waals surface area contributed by atoms with Crippen LogP contribution in [0.2, 0.25) is 0 Å². The van der Waals surface area contributed by atoms with Gasteiger partial charge in [-0.2, -0.15) is 11.8 Å². The van der Waals surface area contributed by atoms with Crippen LogP contribution in [0.3, 0.4) is 0 Å². The third-order valence-electron chi connectivity index (χ3n) is 3.35. The average molecular weight is 307 g/mol. The minimum absolute atomic E-state index is 0.169. The maximum absolute atomic E-state index is 12.1. The molecule has 1 aromatic carbocycles. The summed E-state index contributed by atoms with van der Waals surface area (Å²) in [5.74, 6) is 1.99. The fraction of sp³-hybridized carbons (Fsp3) is 0.467. The number of benzene rings is 1. The van der Waals surface area contributed by atoms with Crippen molar-refractivity contribution in [3.05, 3.63) is 29.8 Å². The molecule has 0 saturated carbocycles. The van der Waals surface area contributed by atoms with E-state index in [-0.39, 0.29) is 11.8 Å². The molecule has 114 valence electrons. The molecule has 2 amide bonds. The number of carbonyl (C=O) groups excluding carboxylic acids is 2. The maximum Gasteiger partial charge on any atom is 0.240 e. The van der Waals surface area contributed by atoms with Crippen molar-refractivity contribution in [2.75, 3.05) is 29.9 Å². The van der Waals surface area contributed by atoms with Gasteiger partial charge < -0.3 is 16.0 Å². The Bertz CT molecular complexity index is 496. The molecule has 0 aliphatic carbocycles. The first-order chi connectivity index (χ1) is 10.1. The summed E-state index contributed by atoms with van der Waals surface area (Å²) in [6.45, 7) is 3.32. The second-order valence-electron chi connectivity index (χ2n) is 5.14. The average Bonchev–Trinajstić information content (AvgIpc) is 2.50. The Hall–Kier alpha value is -1.53. The Kier molecular flexibility index (Phi) is 5.64. The summed E-state index contributed by atoms with van der Waals surface area (Å²) in [5, 5.41) is 2.72. The van der Waals surface area contributed by atoms with Crippen LogP contribution in [-0.2, 0) is 16.0 Å². The second kappa shape index (κ2) is 7.47. The lowest BCUT2D eigenvalue weighted by Crippen LogP contribution is -2.38. The van der Waals surface area contributed by atoms with Crippen molar-refractivity contribution >= 4 is 29.3 Å². The minimum atomic E-state index is -0.539. The topological polar surface area (TPSA) is 75.4 Å². The lowest BCUT2D eigenvalue weighted by Gasteiger charge is -2.26.